The van der Waals surface area contributed by atoms with Crippen LogP contribution in [0, 0.1) is 13.8 Å². The standard InChI is InChI=1S/C16H15BrN2O/c1-11-3-4-12(2)14(9-11)10-18-19-16(20)13-5-7-15(17)8-6-13/h3-10H,1-2H3,(H,19,20)/b18-10+. The number of halogens is 1. The second kappa shape index (κ2) is 6.48. The highest BCUT2D eigenvalue weighted by Crippen LogP contribution is 2.10. The number of hydrazone groups is 1. The van der Waals surface area contributed by atoms with E-state index >= 15 is 0 Å². The van der Waals surface area contributed by atoms with Crippen molar-refractivity contribution in [1.82, 2.24) is 5.43 Å². The molecule has 0 radical (unpaired) electrons. The van der Waals surface area contributed by atoms with Crippen LogP contribution in [0.4, 0.5) is 0 Å². The van der Waals surface area contributed by atoms with Gasteiger partial charge in [-0.3, -0.25) is 4.79 Å². The first kappa shape index (κ1) is 14.5. The number of carbonyl (C=O) groups excluding carboxylic acids is 1. The molecule has 0 fully saturated rings. The summed E-state index contributed by atoms with van der Waals surface area (Å²) in [5.41, 5.74) is 6.39. The number of hydrogen-bond donors (Lipinski definition) is 1. The number of rotatable bonds is 3. The smallest absolute Gasteiger partial charge is 0.267 e. The van der Waals surface area contributed by atoms with Crippen LogP contribution in [-0.2, 0) is 0 Å². The fraction of sp³-hybridized carbons (Fsp3) is 0.125. The SMILES string of the molecule is Cc1ccc(C)c(/C=N/NC(=O)c2ccc(Br)cc2)c1. The Kier molecular flexibility index (Phi) is 4.69. The molecule has 2 aromatic rings. The van der Waals surface area contributed by atoms with Crippen LogP contribution >= 0.6 is 15.9 Å². The molecule has 0 heterocycles. The molecule has 2 rings (SSSR count). The fourth-order valence-electron chi connectivity index (χ4n) is 1.73. The van der Waals surface area contributed by atoms with Crippen molar-refractivity contribution in [2.75, 3.05) is 0 Å². The number of hydrogen-bond acceptors (Lipinski definition) is 2. The van der Waals surface area contributed by atoms with Gasteiger partial charge in [0.1, 0.15) is 0 Å². The normalized spacial score (nSPS) is 10.8. The first-order valence-electron chi connectivity index (χ1n) is 6.22. The summed E-state index contributed by atoms with van der Waals surface area (Å²) in [6.45, 7) is 4.04. The Morgan fingerprint density at radius 1 is 1.15 bits per heavy atom. The van der Waals surface area contributed by atoms with Crippen LogP contribution in [-0.4, -0.2) is 12.1 Å². The third kappa shape index (κ3) is 3.78. The highest BCUT2D eigenvalue weighted by Gasteiger charge is 2.03. The molecule has 20 heavy (non-hydrogen) atoms. The molecule has 2 aromatic carbocycles. The second-order valence-corrected chi connectivity index (χ2v) is 5.48. The summed E-state index contributed by atoms with van der Waals surface area (Å²) in [4.78, 5) is 11.9. The lowest BCUT2D eigenvalue weighted by Gasteiger charge is -2.02. The topological polar surface area (TPSA) is 41.5 Å². The van der Waals surface area contributed by atoms with Crippen molar-refractivity contribution in [3.8, 4) is 0 Å². The Bertz CT molecular complexity index is 648. The van der Waals surface area contributed by atoms with E-state index in [-0.39, 0.29) is 5.91 Å². The predicted octanol–water partition coefficient (Wildman–Crippen LogP) is 3.83. The van der Waals surface area contributed by atoms with E-state index in [1.54, 1.807) is 18.3 Å². The van der Waals surface area contributed by atoms with Gasteiger partial charge >= 0.3 is 0 Å². The largest absolute Gasteiger partial charge is 0.271 e. The quantitative estimate of drug-likeness (QED) is 0.674. The Morgan fingerprint density at radius 2 is 1.85 bits per heavy atom. The lowest BCUT2D eigenvalue weighted by molar-refractivity contribution is 0.0955. The van der Waals surface area contributed by atoms with E-state index < -0.39 is 0 Å². The monoisotopic (exact) mass is 330 g/mol. The first-order valence-corrected chi connectivity index (χ1v) is 7.02. The molecular formula is C16H15BrN2O. The minimum atomic E-state index is -0.223. The second-order valence-electron chi connectivity index (χ2n) is 4.57. The van der Waals surface area contributed by atoms with Crippen LogP contribution in [0.15, 0.2) is 52.0 Å². The molecule has 1 N–H and O–H groups in total. The highest BCUT2D eigenvalue weighted by molar-refractivity contribution is 9.10. The Hall–Kier alpha value is -1.94. The van der Waals surface area contributed by atoms with E-state index in [0.717, 1.165) is 21.2 Å². The van der Waals surface area contributed by atoms with Gasteiger partial charge < -0.3 is 0 Å². The first-order chi connectivity index (χ1) is 9.56. The molecule has 102 valence electrons. The third-order valence-electron chi connectivity index (χ3n) is 2.91. The van der Waals surface area contributed by atoms with Gasteiger partial charge in [0.15, 0.2) is 0 Å². The summed E-state index contributed by atoms with van der Waals surface area (Å²) in [5.74, 6) is -0.223. The number of nitrogens with one attached hydrogen (secondary N) is 1. The van der Waals surface area contributed by atoms with Crippen molar-refractivity contribution in [3.05, 3.63) is 69.2 Å². The lowest BCUT2D eigenvalue weighted by atomic mass is 10.1. The average molecular weight is 331 g/mol. The zero-order valence-corrected chi connectivity index (χ0v) is 12.9. The fourth-order valence-corrected chi connectivity index (χ4v) is 1.99. The van der Waals surface area contributed by atoms with Crippen LogP contribution in [0.3, 0.4) is 0 Å². The van der Waals surface area contributed by atoms with Crippen molar-refractivity contribution in [3.63, 3.8) is 0 Å². The summed E-state index contributed by atoms with van der Waals surface area (Å²) in [5, 5.41) is 4.01. The lowest BCUT2D eigenvalue weighted by Crippen LogP contribution is -2.17. The van der Waals surface area contributed by atoms with Crippen molar-refractivity contribution < 1.29 is 4.79 Å². The van der Waals surface area contributed by atoms with Gasteiger partial charge in [-0.1, -0.05) is 39.7 Å². The van der Waals surface area contributed by atoms with Crippen LogP contribution in [0.25, 0.3) is 0 Å². The van der Waals surface area contributed by atoms with Crippen molar-refractivity contribution in [2.45, 2.75) is 13.8 Å². The maximum Gasteiger partial charge on any atom is 0.271 e. The molecule has 3 nitrogen and oxygen atoms in total. The van der Waals surface area contributed by atoms with Crippen LogP contribution in [0.1, 0.15) is 27.0 Å². The van der Waals surface area contributed by atoms with Crippen LogP contribution in [0.5, 0.6) is 0 Å². The zero-order valence-electron chi connectivity index (χ0n) is 11.4. The minimum Gasteiger partial charge on any atom is -0.267 e. The van der Waals surface area contributed by atoms with Crippen molar-refractivity contribution in [1.29, 1.82) is 0 Å². The molecule has 0 atom stereocenters. The van der Waals surface area contributed by atoms with Gasteiger partial charge in [0.25, 0.3) is 5.91 Å². The summed E-state index contributed by atoms with van der Waals surface area (Å²) < 4.78 is 0.938. The van der Waals surface area contributed by atoms with Crippen molar-refractivity contribution >= 4 is 28.1 Å². The number of nitrogens with zero attached hydrogens (tertiary/aromatic N) is 1. The molecule has 0 saturated heterocycles. The molecule has 0 aliphatic heterocycles. The minimum absolute atomic E-state index is 0.223. The number of aryl methyl sites for hydroxylation is 2. The van der Waals surface area contributed by atoms with Gasteiger partial charge in [-0.05, 0) is 49.2 Å². The molecule has 0 spiro atoms. The van der Waals surface area contributed by atoms with Gasteiger partial charge in [0, 0.05) is 10.0 Å². The molecule has 0 bridgehead atoms. The third-order valence-corrected chi connectivity index (χ3v) is 3.44. The maximum atomic E-state index is 11.9. The van der Waals surface area contributed by atoms with Crippen molar-refractivity contribution in [2.24, 2.45) is 5.10 Å². The number of benzene rings is 2. The molecular weight excluding hydrogens is 316 g/mol. The summed E-state index contributed by atoms with van der Waals surface area (Å²) in [7, 11) is 0. The van der Waals surface area contributed by atoms with Gasteiger partial charge in [-0.2, -0.15) is 5.10 Å². The Labute approximate surface area is 126 Å². The zero-order chi connectivity index (χ0) is 14.5. The molecule has 0 aliphatic carbocycles. The Balaban J connectivity index is 2.04. The van der Waals surface area contributed by atoms with Gasteiger partial charge in [-0.25, -0.2) is 5.43 Å². The molecule has 0 unspecified atom stereocenters. The van der Waals surface area contributed by atoms with E-state index in [9.17, 15) is 4.79 Å². The summed E-state index contributed by atoms with van der Waals surface area (Å²) >= 11 is 3.33. The highest BCUT2D eigenvalue weighted by atomic mass is 79.9. The van der Waals surface area contributed by atoms with Crippen LogP contribution in [0.2, 0.25) is 0 Å². The average Bonchev–Trinajstić information content (AvgIpc) is 2.43. The van der Waals surface area contributed by atoms with E-state index in [1.165, 1.54) is 0 Å². The molecule has 0 saturated carbocycles. The summed E-state index contributed by atoms with van der Waals surface area (Å²) in [6, 6.07) is 13.2. The van der Waals surface area contributed by atoms with E-state index in [0.29, 0.717) is 5.56 Å². The van der Waals surface area contributed by atoms with E-state index in [2.05, 4.69) is 26.5 Å². The molecule has 4 heteroatoms. The molecule has 0 aliphatic rings. The Morgan fingerprint density at radius 3 is 2.55 bits per heavy atom. The molecule has 0 aromatic heterocycles. The van der Waals surface area contributed by atoms with Crippen LogP contribution < -0.4 is 5.43 Å². The van der Waals surface area contributed by atoms with Gasteiger partial charge in [-0.15, -0.1) is 0 Å². The molecule has 1 amide bonds. The predicted molar refractivity (Wildman–Crippen MR) is 85.1 cm³/mol. The van der Waals surface area contributed by atoms with E-state index in [4.69, 9.17) is 0 Å². The van der Waals surface area contributed by atoms with Gasteiger partial charge in [0.05, 0.1) is 6.21 Å². The maximum absolute atomic E-state index is 11.9. The number of carbonyl (C=O) groups is 1. The number of amides is 1. The van der Waals surface area contributed by atoms with Gasteiger partial charge in [0.2, 0.25) is 0 Å². The van der Waals surface area contributed by atoms with E-state index in [1.807, 2.05) is 44.2 Å². The summed E-state index contributed by atoms with van der Waals surface area (Å²) in [6.07, 6.45) is 1.67.